The highest BCUT2D eigenvalue weighted by Crippen LogP contribution is 2.40. The van der Waals surface area contributed by atoms with Crippen LogP contribution < -0.4 is 16.0 Å². The van der Waals surface area contributed by atoms with Crippen LogP contribution in [0.3, 0.4) is 0 Å². The van der Waals surface area contributed by atoms with Crippen molar-refractivity contribution in [1.82, 2.24) is 15.6 Å². The van der Waals surface area contributed by atoms with Crippen molar-refractivity contribution in [2.24, 2.45) is 5.92 Å². The zero-order valence-corrected chi connectivity index (χ0v) is 19.8. The van der Waals surface area contributed by atoms with E-state index in [4.69, 9.17) is 14.2 Å². The highest BCUT2D eigenvalue weighted by atomic mass is 16.8. The number of carbonyl (C=O) groups excluding carboxylic acids is 2. The zero-order chi connectivity index (χ0) is 25.1. The van der Waals surface area contributed by atoms with Crippen LogP contribution in [-0.2, 0) is 23.8 Å². The van der Waals surface area contributed by atoms with Crippen LogP contribution >= 0.6 is 0 Å². The number of fused-ring (bicyclic) bond motifs is 6. The second-order valence-electron chi connectivity index (χ2n) is 10.0. The number of anilines is 1. The van der Waals surface area contributed by atoms with Gasteiger partial charge in [-0.1, -0.05) is 6.07 Å². The Balaban J connectivity index is 1.35. The van der Waals surface area contributed by atoms with E-state index in [1.807, 2.05) is 30.3 Å². The molecule has 4 aliphatic rings. The average molecular weight is 487 g/mol. The minimum absolute atomic E-state index is 0.00138. The van der Waals surface area contributed by atoms with Crippen molar-refractivity contribution < 1.29 is 34.0 Å². The first kappa shape index (κ1) is 23.9. The number of nitrogens with one attached hydrogen (secondary N) is 3. The minimum Gasteiger partial charge on any atom is -0.385 e. The van der Waals surface area contributed by atoms with Crippen LogP contribution in [0.1, 0.15) is 27.2 Å². The van der Waals surface area contributed by atoms with Gasteiger partial charge in [-0.2, -0.15) is 0 Å². The number of ether oxygens (including phenoxy) is 3. The van der Waals surface area contributed by atoms with Crippen LogP contribution in [0.15, 0.2) is 36.5 Å². The normalized spacial score (nSPS) is 35.2. The number of piperazine rings is 1. The lowest BCUT2D eigenvalue weighted by molar-refractivity contribution is -0.247. The lowest BCUT2D eigenvalue weighted by Gasteiger charge is -2.51. The summed E-state index contributed by atoms with van der Waals surface area (Å²) in [7, 11) is 0. The van der Waals surface area contributed by atoms with Crippen molar-refractivity contribution in [3.63, 3.8) is 0 Å². The number of aliphatic hydroxyl groups is 2. The molecule has 188 valence electrons. The number of benzene rings is 1. The first-order chi connectivity index (χ1) is 16.5. The summed E-state index contributed by atoms with van der Waals surface area (Å²) >= 11 is 0. The van der Waals surface area contributed by atoms with Crippen molar-refractivity contribution in [3.8, 4) is 0 Å². The molecule has 5 atom stereocenters. The molecule has 1 aromatic heterocycles. The molecule has 11 nitrogen and oxygen atoms in total. The van der Waals surface area contributed by atoms with Crippen LogP contribution in [-0.4, -0.2) is 75.7 Å². The van der Waals surface area contributed by atoms with Gasteiger partial charge in [0.05, 0.1) is 18.7 Å². The summed E-state index contributed by atoms with van der Waals surface area (Å²) in [5, 5.41) is 31.6. The van der Waals surface area contributed by atoms with Crippen molar-refractivity contribution >= 4 is 28.4 Å². The number of carbonyl (C=O) groups is 2. The third-order valence-corrected chi connectivity index (χ3v) is 6.98. The maximum absolute atomic E-state index is 13.3. The molecule has 35 heavy (non-hydrogen) atoms. The number of hydrogen-bond acceptors (Lipinski definition) is 9. The van der Waals surface area contributed by atoms with E-state index in [-0.39, 0.29) is 26.2 Å². The molecule has 1 unspecified atom stereocenters. The lowest BCUT2D eigenvalue weighted by Crippen LogP contribution is -2.84. The number of aromatic nitrogens is 1. The average Bonchev–Trinajstić information content (AvgIpc) is 3.11. The fraction of sp³-hybridized carbons (Fsp3) is 0.542. The summed E-state index contributed by atoms with van der Waals surface area (Å²) in [5.41, 5.74) is -4.04. The first-order valence-electron chi connectivity index (χ1n) is 11.6. The minimum atomic E-state index is -2.19. The molecule has 0 radical (unpaired) electrons. The first-order valence-corrected chi connectivity index (χ1v) is 11.6. The monoisotopic (exact) mass is 486 g/mol. The Bertz CT molecular complexity index is 1180. The maximum atomic E-state index is 13.3. The fourth-order valence-electron chi connectivity index (χ4n) is 5.05. The Labute approximate surface area is 202 Å². The molecular weight excluding hydrogens is 456 g/mol. The molecule has 5 N–H and O–H groups in total. The van der Waals surface area contributed by atoms with Gasteiger partial charge in [-0.25, -0.2) is 0 Å². The van der Waals surface area contributed by atoms with Gasteiger partial charge in [0.2, 0.25) is 5.72 Å². The number of nitrogens with zero attached hydrogens (tertiary/aromatic N) is 1. The smallest absolute Gasteiger partial charge is 0.278 e. The Hall–Kier alpha value is -2.83. The molecule has 1 aromatic carbocycles. The molecule has 5 heterocycles. The zero-order valence-electron chi connectivity index (χ0n) is 19.8. The van der Waals surface area contributed by atoms with E-state index < -0.39 is 46.7 Å². The highest BCUT2D eigenvalue weighted by Gasteiger charge is 2.66. The maximum Gasteiger partial charge on any atom is 0.278 e. The third-order valence-electron chi connectivity index (χ3n) is 6.98. The van der Waals surface area contributed by atoms with E-state index in [1.54, 1.807) is 27.0 Å². The Kier molecular flexibility index (Phi) is 5.53. The SMILES string of the molecule is CC1(C)OC[C@@](C)([C@H](O)[C@@]23NC(=O)[C@@](O)(NC2=O)C(CNc2ccc4ncccc4c2)CCO3)O1. The summed E-state index contributed by atoms with van der Waals surface area (Å²) in [5.74, 6) is -3.43. The van der Waals surface area contributed by atoms with E-state index in [0.717, 1.165) is 16.6 Å². The van der Waals surface area contributed by atoms with Gasteiger partial charge in [0.25, 0.3) is 17.5 Å². The van der Waals surface area contributed by atoms with Gasteiger partial charge < -0.3 is 40.4 Å². The summed E-state index contributed by atoms with van der Waals surface area (Å²) in [6.45, 7) is 5.11. The molecule has 4 saturated heterocycles. The largest absolute Gasteiger partial charge is 0.385 e. The topological polar surface area (TPSA) is 151 Å². The molecule has 2 aromatic rings. The second kappa shape index (κ2) is 8.10. The highest BCUT2D eigenvalue weighted by molar-refractivity contribution is 6.01. The summed E-state index contributed by atoms with van der Waals surface area (Å²) in [6, 6.07) is 9.41. The Morgan fingerprint density at radius 3 is 2.71 bits per heavy atom. The van der Waals surface area contributed by atoms with Crippen molar-refractivity contribution in [3.05, 3.63) is 36.5 Å². The van der Waals surface area contributed by atoms with Gasteiger partial charge in [-0.3, -0.25) is 14.6 Å². The number of amides is 2. The van der Waals surface area contributed by atoms with Gasteiger partial charge in [0, 0.05) is 29.7 Å². The van der Waals surface area contributed by atoms with E-state index in [9.17, 15) is 19.8 Å². The molecule has 0 aliphatic carbocycles. The number of pyridine rings is 1. The Morgan fingerprint density at radius 1 is 1.17 bits per heavy atom. The number of hydrogen-bond donors (Lipinski definition) is 5. The van der Waals surface area contributed by atoms with E-state index in [1.165, 1.54) is 0 Å². The molecule has 6 rings (SSSR count). The summed E-state index contributed by atoms with van der Waals surface area (Å²) < 4.78 is 17.3. The molecule has 4 aliphatic heterocycles. The van der Waals surface area contributed by atoms with Crippen LogP contribution in [0.5, 0.6) is 0 Å². The van der Waals surface area contributed by atoms with Gasteiger partial charge in [0.1, 0.15) is 11.7 Å². The third kappa shape index (κ3) is 3.93. The van der Waals surface area contributed by atoms with E-state index in [0.29, 0.717) is 0 Å². The van der Waals surface area contributed by atoms with Gasteiger partial charge in [-0.15, -0.1) is 0 Å². The second-order valence-corrected chi connectivity index (χ2v) is 10.0. The van der Waals surface area contributed by atoms with Crippen LogP contribution in [0.25, 0.3) is 10.9 Å². The quantitative estimate of drug-likeness (QED) is 0.400. The predicted octanol–water partition coefficient (Wildman–Crippen LogP) is 0.217. The molecule has 0 saturated carbocycles. The van der Waals surface area contributed by atoms with Gasteiger partial charge in [0.15, 0.2) is 5.79 Å². The lowest BCUT2D eigenvalue weighted by atomic mass is 9.82. The van der Waals surface area contributed by atoms with Gasteiger partial charge >= 0.3 is 0 Å². The predicted molar refractivity (Wildman–Crippen MR) is 124 cm³/mol. The number of aliphatic hydroxyl groups excluding tert-OH is 1. The van der Waals surface area contributed by atoms with Crippen molar-refractivity contribution in [1.29, 1.82) is 0 Å². The molecule has 2 bridgehead atoms. The Morgan fingerprint density at radius 2 is 1.97 bits per heavy atom. The van der Waals surface area contributed by atoms with Crippen LogP contribution in [0, 0.1) is 5.92 Å². The standard InChI is InChI=1S/C24H30N4O7/c1-21(2)34-13-22(3,35-21)18(29)24-20(31)27-23(32,19(30)28-24)15(8-10-33-24)12-26-16-6-7-17-14(11-16)5-4-9-25-17/h4-7,9,11,15,18,26,29,32H,8,10,12-13H2,1-3H3,(H,27,31)(H,28,30)/t15?,18-,22-,23+,24-/m0/s1. The summed E-state index contributed by atoms with van der Waals surface area (Å²) in [6.07, 6.45) is 0.347. The van der Waals surface area contributed by atoms with Crippen LogP contribution in [0.4, 0.5) is 5.69 Å². The van der Waals surface area contributed by atoms with E-state index >= 15 is 0 Å². The van der Waals surface area contributed by atoms with Crippen molar-refractivity contribution in [2.45, 2.75) is 56.1 Å². The number of rotatable bonds is 5. The summed E-state index contributed by atoms with van der Waals surface area (Å²) in [4.78, 5) is 30.7. The molecule has 11 heteroatoms. The van der Waals surface area contributed by atoms with Crippen LogP contribution in [0.2, 0.25) is 0 Å². The van der Waals surface area contributed by atoms with E-state index in [2.05, 4.69) is 20.9 Å². The molecular formula is C24H30N4O7. The van der Waals surface area contributed by atoms with Crippen molar-refractivity contribution in [2.75, 3.05) is 25.1 Å². The fourth-order valence-corrected chi connectivity index (χ4v) is 5.05. The molecule has 2 amide bonds. The molecule has 4 fully saturated rings. The molecule has 0 spiro atoms. The van der Waals surface area contributed by atoms with Gasteiger partial charge in [-0.05, 0) is 51.5 Å².